The van der Waals surface area contributed by atoms with Crippen molar-refractivity contribution >= 4 is 23.3 Å². The second kappa shape index (κ2) is 12.5. The van der Waals surface area contributed by atoms with Gasteiger partial charge < -0.3 is 4.90 Å². The number of nitrogens with one attached hydrogen (secondary N) is 1. The molecule has 0 aliphatic rings. The third-order valence-corrected chi connectivity index (χ3v) is 5.71. The molecule has 0 radical (unpaired) electrons. The Morgan fingerprint density at radius 2 is 1.74 bits per heavy atom. The Morgan fingerprint density at radius 3 is 2.39 bits per heavy atom. The fraction of sp³-hybridized carbons (Fsp3) is 0.542. The predicted molar refractivity (Wildman–Crippen MR) is 125 cm³/mol. The number of aromatic amines is 1. The first-order valence-electron chi connectivity index (χ1n) is 11.3. The van der Waals surface area contributed by atoms with E-state index in [1.165, 1.54) is 35.3 Å². The van der Waals surface area contributed by atoms with E-state index in [0.29, 0.717) is 29.4 Å². The van der Waals surface area contributed by atoms with Gasteiger partial charge in [0, 0.05) is 23.7 Å². The van der Waals surface area contributed by atoms with E-state index in [0.717, 1.165) is 19.3 Å². The molecule has 1 heterocycles. The van der Waals surface area contributed by atoms with E-state index in [2.05, 4.69) is 12.0 Å². The summed E-state index contributed by atoms with van der Waals surface area (Å²) >= 11 is 6.02. The molecule has 0 unspecified atom stereocenters. The van der Waals surface area contributed by atoms with Crippen molar-refractivity contribution in [3.05, 3.63) is 50.9 Å². The van der Waals surface area contributed by atoms with E-state index in [-0.39, 0.29) is 23.8 Å². The third kappa shape index (κ3) is 7.10. The monoisotopic (exact) mass is 447 g/mol. The third-order valence-electron chi connectivity index (χ3n) is 5.48. The minimum absolute atomic E-state index is 0.0345. The average Bonchev–Trinajstić information content (AvgIpc) is 3.05. The summed E-state index contributed by atoms with van der Waals surface area (Å²) in [5.41, 5.74) is 0.690. The smallest absolute Gasteiger partial charge is 0.282 e. The van der Waals surface area contributed by atoms with E-state index in [9.17, 15) is 14.4 Å². The van der Waals surface area contributed by atoms with Crippen molar-refractivity contribution in [3.63, 3.8) is 0 Å². The van der Waals surface area contributed by atoms with Gasteiger partial charge in [-0.2, -0.15) is 0 Å². The number of carbonyl (C=O) groups excluding carboxylic acids is 2. The summed E-state index contributed by atoms with van der Waals surface area (Å²) < 4.78 is 1.31. The summed E-state index contributed by atoms with van der Waals surface area (Å²) in [5, 5.41) is 3.44. The number of benzene rings is 1. The van der Waals surface area contributed by atoms with Gasteiger partial charge in [0.2, 0.25) is 5.91 Å². The van der Waals surface area contributed by atoms with Crippen molar-refractivity contribution in [1.82, 2.24) is 14.7 Å². The second-order valence-corrected chi connectivity index (χ2v) is 8.37. The van der Waals surface area contributed by atoms with Gasteiger partial charge in [-0.3, -0.25) is 19.5 Å². The molecule has 31 heavy (non-hydrogen) atoms. The highest BCUT2D eigenvalue weighted by Crippen LogP contribution is 2.15. The van der Waals surface area contributed by atoms with Crippen LogP contribution in [-0.4, -0.2) is 39.5 Å². The highest BCUT2D eigenvalue weighted by molar-refractivity contribution is 6.30. The average molecular weight is 448 g/mol. The van der Waals surface area contributed by atoms with E-state index in [1.807, 2.05) is 6.92 Å². The van der Waals surface area contributed by atoms with Gasteiger partial charge in [0.1, 0.15) is 5.56 Å². The molecule has 0 aliphatic heterocycles. The first-order valence-corrected chi connectivity index (χ1v) is 11.6. The van der Waals surface area contributed by atoms with Crippen LogP contribution < -0.4 is 5.56 Å². The number of nitrogens with zero attached hydrogens (tertiary/aromatic N) is 2. The van der Waals surface area contributed by atoms with Gasteiger partial charge >= 0.3 is 0 Å². The van der Waals surface area contributed by atoms with E-state index in [4.69, 9.17) is 11.6 Å². The highest BCUT2D eigenvalue weighted by Gasteiger charge is 2.23. The lowest BCUT2D eigenvalue weighted by Crippen LogP contribution is -2.37. The molecule has 1 N–H and O–H groups in total. The molecule has 0 fully saturated rings. The first kappa shape index (κ1) is 24.9. The van der Waals surface area contributed by atoms with Crippen molar-refractivity contribution < 1.29 is 9.59 Å². The molecule has 0 saturated heterocycles. The molecule has 0 aliphatic carbocycles. The van der Waals surface area contributed by atoms with Crippen molar-refractivity contribution in [2.24, 2.45) is 0 Å². The maximum absolute atomic E-state index is 12.9. The standard InChI is InChI=1S/C24H34ClN3O3/c1-4-6-7-8-9-10-11-15-22(30)27(5-2)17-21(29)23-18(3)26-28(24(23)31)20-14-12-13-19(25)16-20/h12-14,16,26H,4-11,15,17H2,1-3H3. The maximum atomic E-state index is 12.9. The van der Waals surface area contributed by atoms with Gasteiger partial charge in [-0.25, -0.2) is 4.68 Å². The quantitative estimate of drug-likeness (QED) is 0.334. The number of carbonyl (C=O) groups is 2. The van der Waals surface area contributed by atoms with Gasteiger partial charge in [0.15, 0.2) is 5.78 Å². The molecular weight excluding hydrogens is 414 g/mol. The molecule has 1 aromatic carbocycles. The number of amides is 1. The molecule has 7 heteroatoms. The SMILES string of the molecule is CCCCCCCCCC(=O)N(CC)CC(=O)c1c(C)[nH]n(-c2cccc(Cl)c2)c1=O. The number of aromatic nitrogens is 2. The molecule has 2 rings (SSSR count). The van der Waals surface area contributed by atoms with Crippen LogP contribution in [0, 0.1) is 6.92 Å². The highest BCUT2D eigenvalue weighted by atomic mass is 35.5. The minimum atomic E-state index is -0.430. The lowest BCUT2D eigenvalue weighted by Gasteiger charge is -2.19. The molecule has 0 atom stereocenters. The second-order valence-electron chi connectivity index (χ2n) is 7.93. The van der Waals surface area contributed by atoms with E-state index in [1.54, 1.807) is 31.2 Å². The van der Waals surface area contributed by atoms with Crippen LogP contribution in [0.4, 0.5) is 0 Å². The zero-order valence-electron chi connectivity index (χ0n) is 18.9. The molecule has 0 bridgehead atoms. The molecule has 0 spiro atoms. The maximum Gasteiger partial charge on any atom is 0.282 e. The number of rotatable bonds is 13. The molecule has 2 aromatic rings. The van der Waals surface area contributed by atoms with Crippen LogP contribution in [0.25, 0.3) is 5.69 Å². The molecule has 1 aromatic heterocycles. The number of hydrogen-bond donors (Lipinski definition) is 1. The molecule has 1 amide bonds. The largest absolute Gasteiger partial charge is 0.335 e. The van der Waals surface area contributed by atoms with Crippen LogP contribution in [0.5, 0.6) is 0 Å². The van der Waals surface area contributed by atoms with Gasteiger partial charge in [-0.05, 0) is 38.5 Å². The van der Waals surface area contributed by atoms with E-state index < -0.39 is 5.56 Å². The minimum Gasteiger partial charge on any atom is -0.335 e. The van der Waals surface area contributed by atoms with Crippen molar-refractivity contribution in [3.8, 4) is 5.69 Å². The Morgan fingerprint density at radius 1 is 1.06 bits per heavy atom. The topological polar surface area (TPSA) is 75.2 Å². The van der Waals surface area contributed by atoms with E-state index >= 15 is 0 Å². The van der Waals surface area contributed by atoms with Crippen LogP contribution >= 0.6 is 11.6 Å². The number of H-pyrrole nitrogens is 1. The van der Waals surface area contributed by atoms with Crippen LogP contribution in [0.3, 0.4) is 0 Å². The van der Waals surface area contributed by atoms with Crippen LogP contribution in [0.1, 0.15) is 81.3 Å². The van der Waals surface area contributed by atoms with Crippen molar-refractivity contribution in [2.45, 2.75) is 72.1 Å². The zero-order valence-corrected chi connectivity index (χ0v) is 19.6. The lowest BCUT2D eigenvalue weighted by molar-refractivity contribution is -0.130. The van der Waals surface area contributed by atoms with Gasteiger partial charge in [-0.1, -0.05) is 63.1 Å². The number of Topliss-reactive ketones (excluding diaryl/α,β-unsaturated/α-hetero) is 1. The van der Waals surface area contributed by atoms with Gasteiger partial charge in [0.25, 0.3) is 5.56 Å². The number of ketones is 1. The lowest BCUT2D eigenvalue weighted by atomic mass is 10.1. The number of likely N-dealkylation sites (N-methyl/N-ethyl adjacent to an activating group) is 1. The van der Waals surface area contributed by atoms with Crippen molar-refractivity contribution in [2.75, 3.05) is 13.1 Å². The fourth-order valence-electron chi connectivity index (χ4n) is 3.69. The molecule has 6 nitrogen and oxygen atoms in total. The fourth-order valence-corrected chi connectivity index (χ4v) is 3.88. The number of aryl methyl sites for hydroxylation is 1. The number of hydrogen-bond acceptors (Lipinski definition) is 3. The summed E-state index contributed by atoms with van der Waals surface area (Å²) in [4.78, 5) is 39.9. The Labute approximate surface area is 189 Å². The summed E-state index contributed by atoms with van der Waals surface area (Å²) in [6.07, 6.45) is 8.40. The molecular formula is C24H34ClN3O3. The van der Waals surface area contributed by atoms with Gasteiger partial charge in [-0.15, -0.1) is 0 Å². The summed E-state index contributed by atoms with van der Waals surface area (Å²) in [6.45, 7) is 6.08. The number of unbranched alkanes of at least 4 members (excludes halogenated alkanes) is 6. The summed E-state index contributed by atoms with van der Waals surface area (Å²) in [7, 11) is 0. The summed E-state index contributed by atoms with van der Waals surface area (Å²) in [6, 6.07) is 6.84. The first-order chi connectivity index (χ1) is 14.9. The van der Waals surface area contributed by atoms with Crippen LogP contribution in [0.2, 0.25) is 5.02 Å². The van der Waals surface area contributed by atoms with Gasteiger partial charge in [0.05, 0.1) is 12.2 Å². The normalized spacial score (nSPS) is 11.0. The van der Waals surface area contributed by atoms with Crippen LogP contribution in [-0.2, 0) is 4.79 Å². The zero-order chi connectivity index (χ0) is 22.8. The predicted octanol–water partition coefficient (Wildman–Crippen LogP) is 5.30. The van der Waals surface area contributed by atoms with Crippen molar-refractivity contribution in [1.29, 1.82) is 0 Å². The van der Waals surface area contributed by atoms with Crippen LogP contribution in [0.15, 0.2) is 29.1 Å². The Hall–Kier alpha value is -2.34. The Bertz CT molecular complexity index is 932. The Balaban J connectivity index is 1.98. The summed E-state index contributed by atoms with van der Waals surface area (Å²) in [5.74, 6) is -0.387. The number of halogens is 1. The Kier molecular flexibility index (Phi) is 10.0. The molecule has 170 valence electrons. The molecule has 0 saturated carbocycles.